The van der Waals surface area contributed by atoms with Crippen LogP contribution in [0.15, 0.2) is 0 Å². The summed E-state index contributed by atoms with van der Waals surface area (Å²) in [5.74, 6) is -2.25. The molecular weight excluding hydrogens is 582 g/mol. The van der Waals surface area contributed by atoms with E-state index in [1.165, 1.54) is 0 Å². The minimum Gasteiger partial charge on any atom is -0.368 e. The van der Waals surface area contributed by atoms with Gasteiger partial charge < -0.3 is 43.7 Å². The van der Waals surface area contributed by atoms with Gasteiger partial charge in [-0.1, -0.05) is 41.5 Å². The fraction of sp³-hybridized carbons (Fsp3) is 1.00. The number of halogens is 6. The van der Waals surface area contributed by atoms with Crippen molar-refractivity contribution in [3.8, 4) is 0 Å². The number of hydrogen-bond acceptors (Lipinski definition) is 9. The summed E-state index contributed by atoms with van der Waals surface area (Å²) >= 11 is 0. The lowest BCUT2D eigenvalue weighted by Crippen LogP contribution is -2.49. The van der Waals surface area contributed by atoms with E-state index in [0.29, 0.717) is 6.42 Å². The van der Waals surface area contributed by atoms with Gasteiger partial charge in [0, 0.05) is 24.2 Å². The smallest absolute Gasteiger partial charge is 0.368 e. The van der Waals surface area contributed by atoms with Crippen LogP contribution in [0, 0.1) is 22.7 Å². The summed E-state index contributed by atoms with van der Waals surface area (Å²) in [5.41, 5.74) is -0.776. The van der Waals surface area contributed by atoms with Crippen LogP contribution in [0.25, 0.3) is 0 Å². The van der Waals surface area contributed by atoms with Gasteiger partial charge in [0.2, 0.25) is 0 Å². The molecule has 1 saturated carbocycles. The van der Waals surface area contributed by atoms with Gasteiger partial charge >= 0.3 is 12.4 Å². The average Bonchev–Trinajstić information content (AvgIpc) is 3.42. The third-order valence-electron chi connectivity index (χ3n) is 8.94. The fourth-order valence-electron chi connectivity index (χ4n) is 6.54. The number of fused-ring (bicyclic) bond motifs is 3. The Labute approximate surface area is 240 Å². The monoisotopic (exact) mass is 624 g/mol. The van der Waals surface area contributed by atoms with E-state index in [0.717, 1.165) is 0 Å². The van der Waals surface area contributed by atoms with E-state index in [4.69, 9.17) is 23.7 Å². The Morgan fingerprint density at radius 2 is 1.43 bits per heavy atom. The second-order valence-electron chi connectivity index (χ2n) is 13.7. The van der Waals surface area contributed by atoms with Crippen molar-refractivity contribution in [2.45, 2.75) is 147 Å². The van der Waals surface area contributed by atoms with E-state index < -0.39 is 85.2 Å². The molecule has 3 saturated heterocycles. The van der Waals surface area contributed by atoms with E-state index in [1.54, 1.807) is 0 Å². The highest BCUT2D eigenvalue weighted by Crippen LogP contribution is 2.51. The van der Waals surface area contributed by atoms with E-state index in [2.05, 4.69) is 25.5 Å². The average molecular weight is 625 g/mol. The Hall–Kier alpha value is -0.780. The molecule has 9 nitrogen and oxygen atoms in total. The van der Waals surface area contributed by atoms with Crippen LogP contribution in [0.2, 0.25) is 0 Å². The molecule has 3 heterocycles. The molecule has 0 aromatic carbocycles. The van der Waals surface area contributed by atoms with E-state index >= 15 is 0 Å². The molecule has 246 valence electrons. The first-order valence-electron chi connectivity index (χ1n) is 14.2. The molecule has 42 heavy (non-hydrogen) atoms. The minimum atomic E-state index is -5.73. The van der Waals surface area contributed by atoms with E-state index in [-0.39, 0.29) is 37.0 Å². The molecular formula is C27H42F6O9. The molecule has 0 aromatic heterocycles. The highest BCUT2D eigenvalue weighted by atomic mass is 19.4. The maximum atomic E-state index is 12.8. The summed E-state index contributed by atoms with van der Waals surface area (Å²) in [6.45, 7) is 12.0. The molecule has 0 aromatic rings. The van der Waals surface area contributed by atoms with Crippen LogP contribution >= 0.6 is 0 Å². The van der Waals surface area contributed by atoms with Gasteiger partial charge in [-0.3, -0.25) is 0 Å². The lowest BCUT2D eigenvalue weighted by Gasteiger charge is -2.43. The van der Waals surface area contributed by atoms with Crippen molar-refractivity contribution in [3.63, 3.8) is 0 Å². The molecule has 9 atom stereocenters. The van der Waals surface area contributed by atoms with Crippen LogP contribution in [0.4, 0.5) is 26.3 Å². The maximum Gasteiger partial charge on any atom is 0.423 e. The van der Waals surface area contributed by atoms with Gasteiger partial charge in [-0.15, -0.1) is 0 Å². The number of rotatable bonds is 8. The summed E-state index contributed by atoms with van der Waals surface area (Å²) < 4.78 is 111. The molecule has 4 fully saturated rings. The molecule has 1 spiro atoms. The van der Waals surface area contributed by atoms with Crippen molar-refractivity contribution in [3.05, 3.63) is 0 Å². The molecule has 9 unspecified atom stereocenters. The maximum absolute atomic E-state index is 12.8. The van der Waals surface area contributed by atoms with Gasteiger partial charge in [0.15, 0.2) is 30.9 Å². The van der Waals surface area contributed by atoms with Crippen LogP contribution in [0.5, 0.6) is 0 Å². The topological polar surface area (TPSA) is 116 Å². The minimum absolute atomic E-state index is 0.0317. The SMILES string of the molecule is CC(C)C(C)(CC(C)(C)C)C(O)OC1C(O)OC2C3OC4(CCC(C(O)OC(C(F)(F)F)C(F)(F)F)CC4)OC3OC12. The first kappa shape index (κ1) is 34.1. The van der Waals surface area contributed by atoms with Crippen molar-refractivity contribution in [1.82, 2.24) is 0 Å². The normalized spacial score (nSPS) is 38.6. The van der Waals surface area contributed by atoms with Crippen LogP contribution < -0.4 is 0 Å². The molecule has 3 aliphatic heterocycles. The van der Waals surface area contributed by atoms with E-state index in [1.807, 2.05) is 20.8 Å². The highest BCUT2D eigenvalue weighted by molar-refractivity contribution is 5.04. The molecule has 1 aliphatic carbocycles. The van der Waals surface area contributed by atoms with Gasteiger partial charge in [-0.25, -0.2) is 0 Å². The van der Waals surface area contributed by atoms with Gasteiger partial charge in [0.05, 0.1) is 0 Å². The van der Waals surface area contributed by atoms with Crippen molar-refractivity contribution < 1.29 is 70.1 Å². The summed E-state index contributed by atoms with van der Waals surface area (Å²) in [7, 11) is 0. The number of ether oxygens (including phenoxy) is 6. The third kappa shape index (κ3) is 6.89. The lowest BCUT2D eigenvalue weighted by molar-refractivity contribution is -0.356. The summed E-state index contributed by atoms with van der Waals surface area (Å²) in [6, 6.07) is 0. The Morgan fingerprint density at radius 3 is 1.93 bits per heavy atom. The van der Waals surface area contributed by atoms with Crippen LogP contribution in [-0.4, -0.2) is 89.1 Å². The zero-order chi connectivity index (χ0) is 31.6. The summed E-state index contributed by atoms with van der Waals surface area (Å²) in [4.78, 5) is 0. The standard InChI is InChI=1S/C27H42F6O9/c1-12(2)24(6,11-23(3,4)5)22(36)39-16-14-15(37-19(16)35)17-20(38-14)42-25(41-17)9-7-13(8-10-25)18(34)40-21(26(28,29)30)27(31,32)33/h12-22,34-36H,7-11H2,1-6H3. The van der Waals surface area contributed by atoms with Crippen molar-refractivity contribution >= 4 is 0 Å². The Bertz CT molecular complexity index is 919. The zero-order valence-electron chi connectivity index (χ0n) is 24.4. The van der Waals surface area contributed by atoms with Crippen molar-refractivity contribution in [2.75, 3.05) is 0 Å². The summed E-state index contributed by atoms with van der Waals surface area (Å²) in [6.07, 6.45) is -24.4. The second kappa shape index (κ2) is 11.5. The Balaban J connectivity index is 1.35. The lowest BCUT2D eigenvalue weighted by atomic mass is 9.68. The molecule has 4 aliphatic rings. The predicted molar refractivity (Wildman–Crippen MR) is 131 cm³/mol. The van der Waals surface area contributed by atoms with Gasteiger partial charge in [0.25, 0.3) is 6.10 Å². The Kier molecular flexibility index (Phi) is 9.37. The molecule has 3 N–H and O–H groups in total. The molecule has 0 bridgehead atoms. The fourth-order valence-corrected chi connectivity index (χ4v) is 6.54. The number of hydrogen-bond donors (Lipinski definition) is 3. The van der Waals surface area contributed by atoms with Crippen LogP contribution in [0.1, 0.15) is 73.6 Å². The first-order chi connectivity index (χ1) is 19.1. The van der Waals surface area contributed by atoms with Gasteiger partial charge in [-0.2, -0.15) is 26.3 Å². The van der Waals surface area contributed by atoms with Crippen molar-refractivity contribution in [2.24, 2.45) is 22.7 Å². The molecule has 0 radical (unpaired) electrons. The zero-order valence-corrected chi connectivity index (χ0v) is 24.4. The number of aliphatic hydroxyl groups is 3. The quantitative estimate of drug-likeness (QED) is 0.268. The third-order valence-corrected chi connectivity index (χ3v) is 8.94. The van der Waals surface area contributed by atoms with E-state index in [9.17, 15) is 41.7 Å². The van der Waals surface area contributed by atoms with Crippen LogP contribution in [-0.2, 0) is 28.4 Å². The van der Waals surface area contributed by atoms with Gasteiger partial charge in [-0.05, 0) is 30.6 Å². The summed E-state index contributed by atoms with van der Waals surface area (Å²) in [5, 5.41) is 31.9. The van der Waals surface area contributed by atoms with Gasteiger partial charge in [0.1, 0.15) is 24.4 Å². The number of aliphatic hydroxyl groups excluding tert-OH is 3. The second-order valence-corrected chi connectivity index (χ2v) is 13.7. The van der Waals surface area contributed by atoms with Crippen LogP contribution in [0.3, 0.4) is 0 Å². The predicted octanol–water partition coefficient (Wildman–Crippen LogP) is 4.36. The molecule has 15 heteroatoms. The number of alkyl halides is 6. The molecule has 0 amide bonds. The molecule has 4 rings (SSSR count). The largest absolute Gasteiger partial charge is 0.423 e. The highest BCUT2D eigenvalue weighted by Gasteiger charge is 2.65. The van der Waals surface area contributed by atoms with Crippen molar-refractivity contribution in [1.29, 1.82) is 0 Å². The first-order valence-corrected chi connectivity index (χ1v) is 14.2. The Morgan fingerprint density at radius 1 is 0.857 bits per heavy atom.